The first-order valence-electron chi connectivity index (χ1n) is 44.9. The van der Waals surface area contributed by atoms with Gasteiger partial charge in [0, 0.05) is 374 Å². The average molecular weight is 2540 g/mol. The fourth-order valence-corrected chi connectivity index (χ4v) is 14.8. The Morgan fingerprint density at radius 2 is 0.578 bits per heavy atom. The Bertz CT molecular complexity index is 7800. The number of fused-ring (bicyclic) bond motifs is 12. The molecule has 0 saturated carbocycles. The minimum absolute atomic E-state index is 0. The molecule has 0 atom stereocenters. The number of aryl methyl sites for hydroxylation is 2. The summed E-state index contributed by atoms with van der Waals surface area (Å²) in [5.74, 6) is -0.700. The van der Waals surface area contributed by atoms with E-state index < -0.39 is 11.9 Å². The van der Waals surface area contributed by atoms with E-state index in [9.17, 15) is 49.2 Å². The molecular formula is C118H95Cl2Eu4N9O14. The summed E-state index contributed by atoms with van der Waals surface area (Å²) in [5.41, 5.74) is 20.8. The number of nitrogens with zero attached hydrogens (tertiary/aromatic N) is 8. The van der Waals surface area contributed by atoms with Crippen molar-refractivity contribution in [3.05, 3.63) is 484 Å². The summed E-state index contributed by atoms with van der Waals surface area (Å²) in [6.07, 6.45) is 15.0. The van der Waals surface area contributed by atoms with Gasteiger partial charge in [0.15, 0.2) is 23.1 Å². The number of halogens is 2. The summed E-state index contributed by atoms with van der Waals surface area (Å²) >= 11 is 11.6. The van der Waals surface area contributed by atoms with Crippen molar-refractivity contribution < 1.29 is 266 Å². The van der Waals surface area contributed by atoms with Gasteiger partial charge in [-0.2, -0.15) is 0 Å². The Kier molecular flexibility index (Phi) is 48.8. The van der Waals surface area contributed by atoms with E-state index in [0.717, 1.165) is 88.6 Å². The molecule has 0 bridgehead atoms. The van der Waals surface area contributed by atoms with Crippen LogP contribution < -0.4 is 15.2 Å². The number of methoxy groups -OCH3 is 2. The van der Waals surface area contributed by atoms with Crippen LogP contribution in [-0.2, 0) is 9.47 Å². The van der Waals surface area contributed by atoms with E-state index >= 15 is 0 Å². The van der Waals surface area contributed by atoms with Crippen LogP contribution in [0.15, 0.2) is 407 Å². The molecule has 0 fully saturated rings. The quantitative estimate of drug-likeness (QED) is 0.0133. The summed E-state index contributed by atoms with van der Waals surface area (Å²) in [7, 11) is 3.13. The second-order valence-electron chi connectivity index (χ2n) is 31.3. The Morgan fingerprint density at radius 3 is 0.966 bits per heavy atom. The maximum Gasteiger partial charge on any atom is 0.338 e. The molecule has 0 saturated heterocycles. The number of nitrogen functional groups attached to an aromatic ring is 1. The fourth-order valence-electron chi connectivity index (χ4n) is 14.4. The van der Waals surface area contributed by atoms with E-state index in [1.54, 1.807) is 247 Å². The third-order valence-corrected chi connectivity index (χ3v) is 22.0. The van der Waals surface area contributed by atoms with Gasteiger partial charge < -0.3 is 45.1 Å². The Balaban J connectivity index is 0.000000187. The van der Waals surface area contributed by atoms with Crippen molar-refractivity contribution in [1.29, 1.82) is 0 Å². The molecule has 29 heteroatoms. The number of carbonyl (C=O) groups is 6. The molecule has 0 amide bonds. The largest absolute Gasteiger partial charge is 0.507 e. The van der Waals surface area contributed by atoms with E-state index in [4.69, 9.17) is 47.9 Å². The molecule has 147 heavy (non-hydrogen) atoms. The number of aliphatic hydroxyl groups excluding tert-OH is 4. The number of esters is 2. The van der Waals surface area contributed by atoms with Crippen LogP contribution in [0.2, 0.25) is 10.0 Å². The zero-order chi connectivity index (χ0) is 101. The molecule has 0 aliphatic carbocycles. The number of benzene rings is 12. The molecule has 20 aromatic rings. The van der Waals surface area contributed by atoms with Gasteiger partial charge in [0.05, 0.1) is 82.7 Å². The van der Waals surface area contributed by atoms with Gasteiger partial charge in [0.25, 0.3) is 0 Å². The Hall–Kier alpha value is -12.0. The number of hydrogen-bond acceptors (Lipinski definition) is 23. The standard InChI is InChI=1S/C18H16N2O4.C17H16O4.C15H10Cl2O2.2C15H12O2.C14H12N2.C12H9N3.C12H8N2.4Eu/c1-3-23-17(21)13-7-9-19-15-11(13)5-6-12-14(18(22)24-4-2)8-10-20-16(12)15;1-20-14-7-3-12(4-8-14)16(18)11-17(19)13-5-9-15(21-2)10-6-13;16-12-5-1-3-10(7-12)14(18)9-15(19)11-4-2-6-13(17)8-11;2*16-14(12-7-3-1-4-8-12)11-15(17)13-9-5-2-6-10-13;1-9-3-5-11-7-8-12-6-4-10(2)16-14(12)13(11)15-9;13-10-7-8-3-1-5-14-11(8)12-9(10)4-2-6-15-12;1-3-9-5-6-10-4-2-8-14-12(10)11(9)13-7-1;;;;/h5-10H,3-4H2,1-2H3;3-11,18H,1-2H3;1-9,18H;2*1-11,16H;3-8H,1-2H3;1-7H,13H2;1-8H;;;;. The summed E-state index contributed by atoms with van der Waals surface area (Å²) in [4.78, 5) is 107. The molecular weight excluding hydrogens is 2450 g/mol. The van der Waals surface area contributed by atoms with Crippen molar-refractivity contribution in [2.45, 2.75) is 27.7 Å². The van der Waals surface area contributed by atoms with Crippen molar-refractivity contribution >= 4 is 174 Å². The minimum Gasteiger partial charge on any atom is -0.507 e. The summed E-state index contributed by atoms with van der Waals surface area (Å²) < 4.78 is 20.2. The SMILES string of the molecule is CCOC(=O)c1ccnc2c1ccc1c(C(=O)OCC)ccnc12.COc1ccc(C(=O)C=C(O)c2ccc(OC)cc2)cc1.Cc1ccc2ccc3ccc(C)nc3c2n1.Nc1cc2cccnc2c2ncccc12.O=C(C=C(O)c1cccc(Cl)c1)c1cccc(Cl)c1.O=C(C=C(O)c1ccccc1)c1ccccc1.O=C(C=C(O)c1ccccc1)c1ccccc1.[Eu].[Eu].[Eu].[Eu].c1cnc2c(c1)ccc1cccnc12. The van der Waals surface area contributed by atoms with Crippen molar-refractivity contribution in [2.24, 2.45) is 0 Å². The second kappa shape index (κ2) is 60.5. The van der Waals surface area contributed by atoms with E-state index in [0.29, 0.717) is 112 Å². The number of aromatic nitrogens is 8. The van der Waals surface area contributed by atoms with Crippen molar-refractivity contribution in [3.8, 4) is 11.5 Å². The minimum atomic E-state index is -0.411. The van der Waals surface area contributed by atoms with Gasteiger partial charge in [0.1, 0.15) is 34.5 Å². The molecule has 12 aromatic carbocycles. The van der Waals surface area contributed by atoms with E-state index in [2.05, 4.69) is 88.4 Å². The monoisotopic (exact) mass is 2540 g/mol. The summed E-state index contributed by atoms with van der Waals surface area (Å²) in [5, 5.41) is 48.3. The first-order valence-corrected chi connectivity index (χ1v) is 45.6. The zero-order valence-corrected chi connectivity index (χ0v) is 91.1. The van der Waals surface area contributed by atoms with E-state index in [-0.39, 0.29) is 244 Å². The summed E-state index contributed by atoms with van der Waals surface area (Å²) in [6, 6.07) is 103. The van der Waals surface area contributed by atoms with E-state index in [1.807, 2.05) is 117 Å². The van der Waals surface area contributed by atoms with Crippen LogP contribution in [0.25, 0.3) is 110 Å². The van der Waals surface area contributed by atoms with E-state index in [1.165, 1.54) is 30.6 Å². The first-order chi connectivity index (χ1) is 69.4. The van der Waals surface area contributed by atoms with Crippen LogP contribution in [-0.4, -0.2) is 123 Å². The number of ether oxygens (including phenoxy) is 4. The predicted molar refractivity (Wildman–Crippen MR) is 568 cm³/mol. The maximum absolute atomic E-state index is 12.1. The average Bonchev–Trinajstić information content (AvgIpc) is 0.762. The van der Waals surface area contributed by atoms with Gasteiger partial charge in [-0.25, -0.2) is 9.59 Å². The molecule has 8 aromatic heterocycles. The topological polar surface area (TPSA) is 349 Å². The number of ketones is 4. The number of anilines is 1. The van der Waals surface area contributed by atoms with Gasteiger partial charge in [-0.05, 0) is 161 Å². The Labute approximate surface area is 1020 Å². The molecule has 20 rings (SSSR count). The van der Waals surface area contributed by atoms with Crippen LogP contribution >= 0.6 is 23.2 Å². The maximum atomic E-state index is 12.1. The molecule has 0 aliphatic rings. The van der Waals surface area contributed by atoms with Crippen molar-refractivity contribution in [2.75, 3.05) is 33.2 Å². The molecule has 0 spiro atoms. The van der Waals surface area contributed by atoms with Crippen LogP contribution in [0.5, 0.6) is 11.5 Å². The van der Waals surface area contributed by atoms with Gasteiger partial charge in [-0.1, -0.05) is 236 Å². The normalized spacial score (nSPS) is 10.7. The molecule has 8 heterocycles. The number of carbonyl (C=O) groups excluding carboxylic acids is 6. The van der Waals surface area contributed by atoms with Crippen LogP contribution in [0.1, 0.15) is 110 Å². The predicted octanol–water partition coefficient (Wildman–Crippen LogP) is 26.9. The molecule has 23 nitrogen and oxygen atoms in total. The molecule has 0 aliphatic heterocycles. The molecule has 0 unspecified atom stereocenters. The fraction of sp³-hybridized carbons (Fsp3) is 0.0678. The van der Waals surface area contributed by atoms with Gasteiger partial charge in [-0.15, -0.1) is 0 Å². The number of hydrogen-bond donors (Lipinski definition) is 5. The number of pyridine rings is 8. The third kappa shape index (κ3) is 33.8. The molecule has 6 N–H and O–H groups in total. The van der Waals surface area contributed by atoms with Crippen LogP contribution in [0.3, 0.4) is 0 Å². The first kappa shape index (κ1) is 119. The number of allylic oxidation sites excluding steroid dienone is 4. The van der Waals surface area contributed by atoms with Crippen molar-refractivity contribution in [3.63, 3.8) is 0 Å². The number of aliphatic hydroxyl groups is 4. The van der Waals surface area contributed by atoms with Crippen LogP contribution in [0, 0.1) is 211 Å². The summed E-state index contributed by atoms with van der Waals surface area (Å²) in [6.45, 7) is 8.11. The molecule has 738 valence electrons. The second-order valence-corrected chi connectivity index (χ2v) is 32.2. The smallest absolute Gasteiger partial charge is 0.338 e. The third-order valence-electron chi connectivity index (χ3n) is 21.6. The van der Waals surface area contributed by atoms with Crippen molar-refractivity contribution in [1.82, 2.24) is 39.9 Å². The number of nitrogens with two attached hydrogens (primary N) is 1. The van der Waals surface area contributed by atoms with Gasteiger partial charge in [-0.3, -0.25) is 59.0 Å². The Morgan fingerprint density at radius 1 is 0.286 bits per heavy atom. The van der Waals surface area contributed by atoms with Gasteiger partial charge in [0.2, 0.25) is 0 Å². The van der Waals surface area contributed by atoms with Gasteiger partial charge >= 0.3 is 11.9 Å². The molecule has 4 radical (unpaired) electrons. The zero-order valence-electron chi connectivity index (χ0n) is 79.9. The van der Waals surface area contributed by atoms with Crippen LogP contribution in [0.4, 0.5) is 5.69 Å². The number of rotatable bonds is 18.